The van der Waals surface area contributed by atoms with Crippen molar-refractivity contribution >= 4 is 17.9 Å². The molecule has 0 radical (unpaired) electrons. The Labute approximate surface area is 410 Å². The highest BCUT2D eigenvalue weighted by atomic mass is 16.6. The fourth-order valence-electron chi connectivity index (χ4n) is 8.47. The number of hydrogen-bond acceptors (Lipinski definition) is 6. The van der Waals surface area contributed by atoms with Gasteiger partial charge in [0.1, 0.15) is 13.2 Å². The molecule has 0 saturated heterocycles. The lowest BCUT2D eigenvalue weighted by Crippen LogP contribution is -2.30. The van der Waals surface area contributed by atoms with E-state index >= 15 is 0 Å². The van der Waals surface area contributed by atoms with Crippen LogP contribution in [0.15, 0.2) is 36.5 Å². The van der Waals surface area contributed by atoms with E-state index in [0.717, 1.165) is 70.6 Å². The standard InChI is InChI=1S/C60H110O6/c1-4-7-10-13-16-19-22-25-28-30-33-35-38-41-44-47-50-53-59(62)65-56-57(55-64-58(61)52-49-46-43-40-37-34-31-27-24-21-18-15-12-9-6-3)66-60(63)54-51-48-45-42-39-36-32-29-26-23-20-17-14-11-8-5-2/h16,19,21,24-25,28,57H,4-15,17-18,20,22-23,26-27,29-56H2,1-3H3/b19-16+,24-21+,28-25+/t57-/m1/s1. The second-order valence-corrected chi connectivity index (χ2v) is 19.6. The molecule has 6 nitrogen and oxygen atoms in total. The number of hydrogen-bond donors (Lipinski definition) is 0. The van der Waals surface area contributed by atoms with E-state index in [1.807, 2.05) is 0 Å². The summed E-state index contributed by atoms with van der Waals surface area (Å²) in [7, 11) is 0. The molecular formula is C60H110O6. The molecule has 0 aliphatic rings. The molecule has 0 aliphatic carbocycles. The Bertz CT molecular complexity index is 1110. The van der Waals surface area contributed by atoms with Crippen molar-refractivity contribution in [3.8, 4) is 0 Å². The molecule has 0 bridgehead atoms. The smallest absolute Gasteiger partial charge is 0.306 e. The summed E-state index contributed by atoms with van der Waals surface area (Å²) in [6.07, 6.45) is 65.5. The third-order valence-corrected chi connectivity index (χ3v) is 12.9. The molecule has 0 aromatic carbocycles. The predicted molar refractivity (Wildman–Crippen MR) is 284 cm³/mol. The summed E-state index contributed by atoms with van der Waals surface area (Å²) >= 11 is 0. The summed E-state index contributed by atoms with van der Waals surface area (Å²) in [4.78, 5) is 38.2. The SMILES string of the molecule is CCCCC/C=C/C/C=C/CCCCCCCCCC(=O)OC[C@@H](COC(=O)CCCCCCCCC/C=C/CCCCCC)OC(=O)CCCCCCCCCCCCCCCCCC. The van der Waals surface area contributed by atoms with Crippen LogP contribution in [0.1, 0.15) is 310 Å². The molecular weight excluding hydrogens is 817 g/mol. The first-order valence-electron chi connectivity index (χ1n) is 29.0. The van der Waals surface area contributed by atoms with Crippen LogP contribution in [0.5, 0.6) is 0 Å². The molecule has 6 heteroatoms. The minimum atomic E-state index is -0.774. The summed E-state index contributed by atoms with van der Waals surface area (Å²) in [5, 5.41) is 0. The molecule has 66 heavy (non-hydrogen) atoms. The molecule has 0 amide bonds. The second kappa shape index (κ2) is 55.2. The van der Waals surface area contributed by atoms with E-state index < -0.39 is 6.10 Å². The van der Waals surface area contributed by atoms with Crippen LogP contribution >= 0.6 is 0 Å². The van der Waals surface area contributed by atoms with Gasteiger partial charge in [0, 0.05) is 19.3 Å². The van der Waals surface area contributed by atoms with Gasteiger partial charge >= 0.3 is 17.9 Å². The zero-order valence-electron chi connectivity index (χ0n) is 44.2. The van der Waals surface area contributed by atoms with E-state index in [0.29, 0.717) is 19.3 Å². The number of ether oxygens (including phenoxy) is 3. The molecule has 0 spiro atoms. The normalized spacial score (nSPS) is 12.2. The van der Waals surface area contributed by atoms with E-state index in [-0.39, 0.29) is 31.1 Å². The van der Waals surface area contributed by atoms with Crippen LogP contribution in [0.2, 0.25) is 0 Å². The molecule has 0 N–H and O–H groups in total. The quantitative estimate of drug-likeness (QED) is 0.0262. The number of carbonyl (C=O) groups is 3. The van der Waals surface area contributed by atoms with Crippen molar-refractivity contribution in [3.05, 3.63) is 36.5 Å². The summed E-state index contributed by atoms with van der Waals surface area (Å²) in [6, 6.07) is 0. The van der Waals surface area contributed by atoms with E-state index in [4.69, 9.17) is 14.2 Å². The van der Waals surface area contributed by atoms with Gasteiger partial charge in [0.05, 0.1) is 0 Å². The Morgan fingerprint density at radius 2 is 0.545 bits per heavy atom. The van der Waals surface area contributed by atoms with Gasteiger partial charge in [0.2, 0.25) is 0 Å². The molecule has 0 aromatic rings. The maximum absolute atomic E-state index is 12.9. The van der Waals surface area contributed by atoms with Crippen LogP contribution in [-0.4, -0.2) is 37.2 Å². The van der Waals surface area contributed by atoms with Crippen molar-refractivity contribution in [3.63, 3.8) is 0 Å². The lowest BCUT2D eigenvalue weighted by Gasteiger charge is -2.18. The molecule has 386 valence electrons. The second-order valence-electron chi connectivity index (χ2n) is 19.6. The average molecular weight is 928 g/mol. The van der Waals surface area contributed by atoms with Crippen LogP contribution in [0.3, 0.4) is 0 Å². The van der Waals surface area contributed by atoms with Gasteiger partial charge in [-0.25, -0.2) is 0 Å². The molecule has 0 aliphatic heterocycles. The van der Waals surface area contributed by atoms with Crippen LogP contribution < -0.4 is 0 Å². The fourth-order valence-corrected chi connectivity index (χ4v) is 8.47. The maximum atomic E-state index is 12.9. The Kier molecular flexibility index (Phi) is 53.2. The summed E-state index contributed by atoms with van der Waals surface area (Å²) < 4.78 is 16.9. The first kappa shape index (κ1) is 63.6. The summed E-state index contributed by atoms with van der Waals surface area (Å²) in [6.45, 7) is 6.63. The van der Waals surface area contributed by atoms with E-state index in [9.17, 15) is 14.4 Å². The van der Waals surface area contributed by atoms with Gasteiger partial charge < -0.3 is 14.2 Å². The zero-order chi connectivity index (χ0) is 47.9. The molecule has 0 fully saturated rings. The first-order chi connectivity index (χ1) is 32.5. The van der Waals surface area contributed by atoms with Crippen LogP contribution in [0.4, 0.5) is 0 Å². The van der Waals surface area contributed by atoms with Gasteiger partial charge in [0.25, 0.3) is 0 Å². The van der Waals surface area contributed by atoms with Crippen molar-refractivity contribution in [2.24, 2.45) is 0 Å². The summed E-state index contributed by atoms with van der Waals surface area (Å²) in [5.41, 5.74) is 0. The van der Waals surface area contributed by atoms with Gasteiger partial charge in [-0.1, -0.05) is 250 Å². The predicted octanol–water partition coefficient (Wildman–Crippen LogP) is 19.3. The number of rotatable bonds is 53. The minimum absolute atomic E-state index is 0.0734. The van der Waals surface area contributed by atoms with E-state index in [2.05, 4.69) is 57.2 Å². The highest BCUT2D eigenvalue weighted by molar-refractivity contribution is 5.71. The van der Waals surface area contributed by atoms with Crippen LogP contribution in [0.25, 0.3) is 0 Å². The topological polar surface area (TPSA) is 78.9 Å². The van der Waals surface area contributed by atoms with Crippen molar-refractivity contribution in [1.82, 2.24) is 0 Å². The van der Waals surface area contributed by atoms with Crippen LogP contribution in [0, 0.1) is 0 Å². The van der Waals surface area contributed by atoms with Crippen LogP contribution in [-0.2, 0) is 28.6 Å². The summed E-state index contributed by atoms with van der Waals surface area (Å²) in [5.74, 6) is -0.867. The van der Waals surface area contributed by atoms with Crippen molar-refractivity contribution in [1.29, 1.82) is 0 Å². The lowest BCUT2D eigenvalue weighted by atomic mass is 10.0. The lowest BCUT2D eigenvalue weighted by molar-refractivity contribution is -0.167. The molecule has 0 heterocycles. The average Bonchev–Trinajstić information content (AvgIpc) is 3.31. The monoisotopic (exact) mass is 927 g/mol. The van der Waals surface area contributed by atoms with Gasteiger partial charge in [-0.2, -0.15) is 0 Å². The molecule has 0 aromatic heterocycles. The van der Waals surface area contributed by atoms with Gasteiger partial charge in [0.15, 0.2) is 6.10 Å². The highest BCUT2D eigenvalue weighted by Gasteiger charge is 2.19. The number of unbranched alkanes of at least 4 members (excludes halogenated alkanes) is 36. The molecule has 0 saturated carbocycles. The van der Waals surface area contributed by atoms with Crippen molar-refractivity contribution in [2.75, 3.05) is 13.2 Å². The van der Waals surface area contributed by atoms with E-state index in [1.54, 1.807) is 0 Å². The number of allylic oxidation sites excluding steroid dienone is 6. The number of esters is 3. The molecule has 0 unspecified atom stereocenters. The molecule has 1 atom stereocenters. The highest BCUT2D eigenvalue weighted by Crippen LogP contribution is 2.16. The third kappa shape index (κ3) is 52.6. The largest absolute Gasteiger partial charge is 0.462 e. The van der Waals surface area contributed by atoms with Crippen molar-refractivity contribution < 1.29 is 28.6 Å². The number of carbonyl (C=O) groups excluding carboxylic acids is 3. The maximum Gasteiger partial charge on any atom is 0.306 e. The third-order valence-electron chi connectivity index (χ3n) is 12.9. The zero-order valence-corrected chi connectivity index (χ0v) is 44.2. The van der Waals surface area contributed by atoms with Gasteiger partial charge in [-0.05, 0) is 77.0 Å². The van der Waals surface area contributed by atoms with E-state index in [1.165, 1.54) is 199 Å². The minimum Gasteiger partial charge on any atom is -0.462 e. The van der Waals surface area contributed by atoms with Crippen molar-refractivity contribution in [2.45, 2.75) is 316 Å². The fraction of sp³-hybridized carbons (Fsp3) is 0.850. The first-order valence-corrected chi connectivity index (χ1v) is 29.0. The Hall–Kier alpha value is -2.37. The molecule has 0 rings (SSSR count). The van der Waals surface area contributed by atoms with Gasteiger partial charge in [-0.15, -0.1) is 0 Å². The van der Waals surface area contributed by atoms with Gasteiger partial charge in [-0.3, -0.25) is 14.4 Å². The Morgan fingerprint density at radius 3 is 0.894 bits per heavy atom. The Balaban J connectivity index is 4.36. The Morgan fingerprint density at radius 1 is 0.303 bits per heavy atom.